The quantitative estimate of drug-likeness (QED) is 0.673. The van der Waals surface area contributed by atoms with E-state index >= 15 is 0 Å². The largest absolute Gasteiger partial charge is 0.437 e. The lowest BCUT2D eigenvalue weighted by Crippen LogP contribution is -2.15. The highest BCUT2D eigenvalue weighted by Crippen LogP contribution is 2.26. The predicted molar refractivity (Wildman–Crippen MR) is 67.2 cm³/mol. The third kappa shape index (κ3) is 2.62. The smallest absolute Gasteiger partial charge is 0.249 e. The zero-order valence-corrected chi connectivity index (χ0v) is 10.6. The van der Waals surface area contributed by atoms with E-state index < -0.39 is 5.82 Å². The van der Waals surface area contributed by atoms with E-state index in [-0.39, 0.29) is 21.9 Å². The molecular weight excluding hydrogens is 303 g/mol. The topological polar surface area (TPSA) is 84.9 Å². The number of halogens is 2. The first-order chi connectivity index (χ1) is 8.58. The molecule has 0 fully saturated rings. The highest BCUT2D eigenvalue weighted by atomic mass is 79.9. The Kier molecular flexibility index (Phi) is 3.52. The Balaban J connectivity index is 2.34. The Morgan fingerprint density at radius 1 is 1.33 bits per heavy atom. The van der Waals surface area contributed by atoms with Crippen LogP contribution in [0.1, 0.15) is 5.69 Å². The molecule has 1 aromatic carbocycles. The van der Waals surface area contributed by atoms with Crippen LogP contribution in [0.3, 0.4) is 0 Å². The Morgan fingerprint density at radius 2 is 2.06 bits per heavy atom. The van der Waals surface area contributed by atoms with Crippen molar-refractivity contribution in [2.75, 3.05) is 0 Å². The molecule has 0 aliphatic carbocycles. The zero-order valence-electron chi connectivity index (χ0n) is 9.02. The normalized spacial score (nSPS) is 10.1. The summed E-state index contributed by atoms with van der Waals surface area (Å²) in [6.45, 7) is 0. The molecule has 0 amide bonds. The van der Waals surface area contributed by atoms with Gasteiger partial charge < -0.3 is 10.5 Å². The molecule has 0 bridgehead atoms. The Hall–Kier alpha value is -2.02. The van der Waals surface area contributed by atoms with Gasteiger partial charge in [-0.05, 0) is 34.1 Å². The van der Waals surface area contributed by atoms with Crippen LogP contribution >= 0.6 is 15.9 Å². The van der Waals surface area contributed by atoms with Gasteiger partial charge in [-0.25, -0.2) is 14.4 Å². The maximum absolute atomic E-state index is 13.1. The molecule has 0 aliphatic heterocycles. The molecule has 5 nitrogen and oxygen atoms in total. The number of nitrogen functional groups attached to an aromatic ring is 1. The van der Waals surface area contributed by atoms with Gasteiger partial charge in [-0.2, -0.15) is 0 Å². The molecule has 0 unspecified atom stereocenters. The number of rotatable bonds is 3. The molecule has 18 heavy (non-hydrogen) atoms. The minimum atomic E-state index is -0.395. The van der Waals surface area contributed by atoms with Crippen LogP contribution in [0, 0.1) is 11.2 Å². The molecule has 0 saturated carbocycles. The number of benzene rings is 1. The number of aromatic nitrogens is 2. The molecule has 3 N–H and O–H groups in total. The van der Waals surface area contributed by atoms with Crippen molar-refractivity contribution in [1.82, 2.24) is 9.97 Å². The minimum absolute atomic E-state index is 0.100. The maximum atomic E-state index is 13.1. The third-order valence-corrected chi connectivity index (χ3v) is 2.63. The van der Waals surface area contributed by atoms with Crippen LogP contribution < -0.4 is 10.5 Å². The van der Waals surface area contributed by atoms with Crippen molar-refractivity contribution in [1.29, 1.82) is 5.41 Å². The zero-order chi connectivity index (χ0) is 13.1. The molecule has 7 heteroatoms. The first-order valence-electron chi connectivity index (χ1n) is 4.86. The first-order valence-corrected chi connectivity index (χ1v) is 5.65. The fourth-order valence-electron chi connectivity index (χ4n) is 1.24. The minimum Gasteiger partial charge on any atom is -0.437 e. The Morgan fingerprint density at radius 3 is 2.72 bits per heavy atom. The van der Waals surface area contributed by atoms with E-state index in [0.29, 0.717) is 5.75 Å². The fraction of sp³-hybridized carbons (Fsp3) is 0. The lowest BCUT2D eigenvalue weighted by Gasteiger charge is -2.08. The van der Waals surface area contributed by atoms with Gasteiger partial charge in [-0.15, -0.1) is 0 Å². The number of hydrogen-bond acceptors (Lipinski definition) is 4. The van der Waals surface area contributed by atoms with E-state index in [0.717, 1.165) is 0 Å². The Bertz CT molecular complexity index is 605. The van der Waals surface area contributed by atoms with E-state index in [1.807, 2.05) is 0 Å². The second kappa shape index (κ2) is 5.09. The van der Waals surface area contributed by atoms with Crippen molar-refractivity contribution >= 4 is 21.8 Å². The van der Waals surface area contributed by atoms with Crippen molar-refractivity contribution in [3.05, 3.63) is 46.6 Å². The van der Waals surface area contributed by atoms with Crippen molar-refractivity contribution in [3.63, 3.8) is 0 Å². The summed E-state index contributed by atoms with van der Waals surface area (Å²) in [4.78, 5) is 7.82. The van der Waals surface area contributed by atoms with Crippen molar-refractivity contribution in [3.8, 4) is 11.6 Å². The van der Waals surface area contributed by atoms with Crippen LogP contribution in [-0.4, -0.2) is 15.8 Å². The van der Waals surface area contributed by atoms with E-state index in [9.17, 15) is 4.39 Å². The molecule has 1 aromatic heterocycles. The van der Waals surface area contributed by atoms with Gasteiger partial charge in [0, 0.05) is 12.4 Å². The summed E-state index contributed by atoms with van der Waals surface area (Å²) < 4.78 is 18.7. The van der Waals surface area contributed by atoms with Gasteiger partial charge in [-0.1, -0.05) is 0 Å². The fourth-order valence-corrected chi connectivity index (χ4v) is 1.59. The van der Waals surface area contributed by atoms with Crippen molar-refractivity contribution < 1.29 is 9.13 Å². The first kappa shape index (κ1) is 12.4. The van der Waals surface area contributed by atoms with Crippen LogP contribution in [0.4, 0.5) is 4.39 Å². The SMILES string of the molecule is N=C(N)c1nccnc1Oc1ccc(F)c(Br)c1. The average molecular weight is 311 g/mol. The summed E-state index contributed by atoms with van der Waals surface area (Å²) in [5.74, 6) is -0.178. The van der Waals surface area contributed by atoms with Gasteiger partial charge in [0.05, 0.1) is 4.47 Å². The highest BCUT2D eigenvalue weighted by molar-refractivity contribution is 9.10. The Labute approximate surface area is 110 Å². The molecule has 2 aromatic rings. The van der Waals surface area contributed by atoms with E-state index in [1.54, 1.807) is 0 Å². The molecule has 0 saturated heterocycles. The van der Waals surface area contributed by atoms with Gasteiger partial charge >= 0.3 is 0 Å². The number of ether oxygens (including phenoxy) is 1. The summed E-state index contributed by atoms with van der Waals surface area (Å²) in [6, 6.07) is 4.15. The molecule has 0 spiro atoms. The molecule has 1 heterocycles. The predicted octanol–water partition coefficient (Wildman–Crippen LogP) is 2.45. The molecule has 92 valence electrons. The highest BCUT2D eigenvalue weighted by Gasteiger charge is 2.11. The van der Waals surface area contributed by atoms with Crippen molar-refractivity contribution in [2.24, 2.45) is 5.73 Å². The second-order valence-corrected chi connectivity index (χ2v) is 4.16. The molecule has 2 rings (SSSR count). The summed E-state index contributed by atoms with van der Waals surface area (Å²) in [5, 5.41) is 7.34. The van der Waals surface area contributed by atoms with Gasteiger partial charge in [0.1, 0.15) is 17.4 Å². The van der Waals surface area contributed by atoms with Crippen LogP contribution in [0.15, 0.2) is 35.1 Å². The van der Waals surface area contributed by atoms with Crippen LogP contribution in [0.5, 0.6) is 11.6 Å². The third-order valence-electron chi connectivity index (χ3n) is 2.03. The summed E-state index contributed by atoms with van der Waals surface area (Å²) in [6.07, 6.45) is 2.82. The summed E-state index contributed by atoms with van der Waals surface area (Å²) >= 11 is 3.05. The number of nitrogens with zero attached hydrogens (tertiary/aromatic N) is 2. The standard InChI is InChI=1S/C11H8BrFN4O/c12-7-5-6(1-2-8(7)13)18-11-9(10(14)15)16-3-4-17-11/h1-5H,(H3,14,15). The number of hydrogen-bond donors (Lipinski definition) is 2. The van der Waals surface area contributed by atoms with E-state index in [2.05, 4.69) is 25.9 Å². The number of nitrogens with one attached hydrogen (secondary N) is 1. The molecule has 0 aliphatic rings. The van der Waals surface area contributed by atoms with E-state index in [1.165, 1.54) is 30.6 Å². The van der Waals surface area contributed by atoms with Gasteiger partial charge in [-0.3, -0.25) is 5.41 Å². The molecular formula is C11H8BrFN4O. The summed E-state index contributed by atoms with van der Waals surface area (Å²) in [5.41, 5.74) is 5.49. The average Bonchev–Trinajstić information content (AvgIpc) is 2.34. The van der Waals surface area contributed by atoms with Crippen molar-refractivity contribution in [2.45, 2.75) is 0 Å². The van der Waals surface area contributed by atoms with Gasteiger partial charge in [0.2, 0.25) is 5.88 Å². The van der Waals surface area contributed by atoms with Crippen LogP contribution in [0.25, 0.3) is 0 Å². The van der Waals surface area contributed by atoms with Crippen LogP contribution in [0.2, 0.25) is 0 Å². The van der Waals surface area contributed by atoms with Gasteiger partial charge in [0.25, 0.3) is 0 Å². The lowest BCUT2D eigenvalue weighted by atomic mass is 10.3. The number of amidine groups is 1. The van der Waals surface area contributed by atoms with E-state index in [4.69, 9.17) is 15.9 Å². The monoisotopic (exact) mass is 310 g/mol. The maximum Gasteiger partial charge on any atom is 0.249 e. The van der Waals surface area contributed by atoms with Gasteiger partial charge in [0.15, 0.2) is 5.69 Å². The number of nitrogens with two attached hydrogens (primary N) is 1. The summed E-state index contributed by atoms with van der Waals surface area (Å²) in [7, 11) is 0. The molecule has 0 atom stereocenters. The van der Waals surface area contributed by atoms with Crippen LogP contribution in [-0.2, 0) is 0 Å². The second-order valence-electron chi connectivity index (χ2n) is 3.30. The lowest BCUT2D eigenvalue weighted by molar-refractivity contribution is 0.456. The molecule has 0 radical (unpaired) electrons.